The lowest BCUT2D eigenvalue weighted by molar-refractivity contribution is 0.589. The Labute approximate surface area is 143 Å². The second-order valence-electron chi connectivity index (χ2n) is 4.93. The van der Waals surface area contributed by atoms with Crippen molar-refractivity contribution in [2.75, 3.05) is 10.8 Å². The molecule has 0 aliphatic carbocycles. The SMILES string of the molecule is C=CCCN(c1cc(F)cnc1Br)S(=O)(=O)c1ccc(C)cc1. The van der Waals surface area contributed by atoms with Gasteiger partial charge in [0.1, 0.15) is 10.4 Å². The third-order valence-electron chi connectivity index (χ3n) is 3.20. The van der Waals surface area contributed by atoms with Crippen LogP contribution >= 0.6 is 15.9 Å². The molecular weight excluding hydrogens is 383 g/mol. The van der Waals surface area contributed by atoms with Crippen molar-refractivity contribution in [3.63, 3.8) is 0 Å². The van der Waals surface area contributed by atoms with Crippen molar-refractivity contribution in [1.29, 1.82) is 0 Å². The summed E-state index contributed by atoms with van der Waals surface area (Å²) in [6.07, 6.45) is 3.06. The first-order valence-electron chi connectivity index (χ1n) is 6.87. The Balaban J connectivity index is 2.55. The summed E-state index contributed by atoms with van der Waals surface area (Å²) in [5.74, 6) is -0.606. The number of aryl methyl sites for hydroxylation is 1. The van der Waals surface area contributed by atoms with Crippen molar-refractivity contribution in [1.82, 2.24) is 4.98 Å². The maximum absolute atomic E-state index is 13.5. The minimum atomic E-state index is -3.83. The molecule has 0 saturated carbocycles. The lowest BCUT2D eigenvalue weighted by atomic mass is 10.2. The van der Waals surface area contributed by atoms with E-state index in [2.05, 4.69) is 27.5 Å². The van der Waals surface area contributed by atoms with Gasteiger partial charge in [0.15, 0.2) is 0 Å². The van der Waals surface area contributed by atoms with E-state index in [-0.39, 0.29) is 21.7 Å². The minimum absolute atomic E-state index is 0.142. The van der Waals surface area contributed by atoms with Gasteiger partial charge in [-0.15, -0.1) is 6.58 Å². The maximum Gasteiger partial charge on any atom is 0.264 e. The highest BCUT2D eigenvalue weighted by Crippen LogP contribution is 2.30. The maximum atomic E-state index is 13.5. The van der Waals surface area contributed by atoms with Crippen molar-refractivity contribution in [3.8, 4) is 0 Å². The number of rotatable bonds is 6. The van der Waals surface area contributed by atoms with Crippen molar-refractivity contribution in [2.24, 2.45) is 0 Å². The first kappa shape index (κ1) is 17.6. The molecule has 1 aromatic heterocycles. The van der Waals surface area contributed by atoms with Crippen LogP contribution in [0.15, 0.2) is 58.7 Å². The molecule has 0 N–H and O–H groups in total. The summed E-state index contributed by atoms with van der Waals surface area (Å²) in [4.78, 5) is 3.98. The molecule has 122 valence electrons. The number of pyridine rings is 1. The van der Waals surface area contributed by atoms with E-state index < -0.39 is 15.8 Å². The molecule has 0 bridgehead atoms. The fourth-order valence-electron chi connectivity index (χ4n) is 2.00. The molecule has 0 spiro atoms. The Morgan fingerprint density at radius 1 is 1.35 bits per heavy atom. The van der Waals surface area contributed by atoms with E-state index in [0.717, 1.165) is 22.1 Å². The molecule has 2 rings (SSSR count). The monoisotopic (exact) mass is 398 g/mol. The zero-order valence-corrected chi connectivity index (χ0v) is 14.9. The second kappa shape index (κ2) is 7.23. The molecule has 0 amide bonds. The molecule has 2 aromatic rings. The molecule has 1 aromatic carbocycles. The van der Waals surface area contributed by atoms with Gasteiger partial charge in [0.05, 0.1) is 16.8 Å². The second-order valence-corrected chi connectivity index (χ2v) is 7.54. The van der Waals surface area contributed by atoms with E-state index in [4.69, 9.17) is 0 Å². The summed E-state index contributed by atoms with van der Waals surface area (Å²) in [6.45, 7) is 5.63. The van der Waals surface area contributed by atoms with Gasteiger partial charge >= 0.3 is 0 Å². The quantitative estimate of drug-likeness (QED) is 0.544. The van der Waals surface area contributed by atoms with Gasteiger partial charge in [-0.25, -0.2) is 17.8 Å². The van der Waals surface area contributed by atoms with Gasteiger partial charge in [0.25, 0.3) is 10.0 Å². The largest absolute Gasteiger partial charge is 0.264 e. The lowest BCUT2D eigenvalue weighted by Crippen LogP contribution is -2.32. The predicted molar refractivity (Wildman–Crippen MR) is 92.4 cm³/mol. The van der Waals surface area contributed by atoms with Gasteiger partial charge in [-0.05, 0) is 41.4 Å². The number of anilines is 1. The molecule has 0 fully saturated rings. The third kappa shape index (κ3) is 3.97. The fraction of sp³-hybridized carbons (Fsp3) is 0.188. The molecular formula is C16H16BrFN2O2S. The Morgan fingerprint density at radius 3 is 2.61 bits per heavy atom. The third-order valence-corrected chi connectivity index (χ3v) is 5.64. The van der Waals surface area contributed by atoms with Crippen molar-refractivity contribution >= 4 is 31.6 Å². The first-order valence-corrected chi connectivity index (χ1v) is 9.11. The average molecular weight is 399 g/mol. The predicted octanol–water partition coefficient (Wildman–Crippen LogP) is 4.06. The molecule has 23 heavy (non-hydrogen) atoms. The van der Waals surface area contributed by atoms with Crippen LogP contribution in [0.25, 0.3) is 0 Å². The Bertz CT molecular complexity index is 807. The van der Waals surface area contributed by atoms with Gasteiger partial charge in [-0.2, -0.15) is 0 Å². The number of hydrogen-bond acceptors (Lipinski definition) is 3. The van der Waals surface area contributed by atoms with Gasteiger partial charge in [-0.3, -0.25) is 4.31 Å². The van der Waals surface area contributed by atoms with Crippen molar-refractivity contribution in [3.05, 3.63) is 65.2 Å². The summed E-state index contributed by atoms with van der Waals surface area (Å²) in [7, 11) is -3.83. The minimum Gasteiger partial charge on any atom is -0.263 e. The molecule has 0 aliphatic heterocycles. The van der Waals surface area contributed by atoms with Crippen LogP contribution in [0.3, 0.4) is 0 Å². The van der Waals surface area contributed by atoms with Crippen LogP contribution in [0.1, 0.15) is 12.0 Å². The van der Waals surface area contributed by atoms with Gasteiger partial charge in [0, 0.05) is 12.6 Å². The van der Waals surface area contributed by atoms with Crippen LogP contribution in [0.5, 0.6) is 0 Å². The standard InChI is InChI=1S/C16H16BrFN2O2S/c1-3-4-9-20(15-10-13(18)11-19-16(15)17)23(21,22)14-7-5-12(2)6-8-14/h3,5-8,10-11H,1,4,9H2,2H3. The molecule has 0 radical (unpaired) electrons. The summed E-state index contributed by atoms with van der Waals surface area (Å²) in [6, 6.07) is 7.65. The molecule has 0 saturated heterocycles. The lowest BCUT2D eigenvalue weighted by Gasteiger charge is -2.24. The van der Waals surface area contributed by atoms with Gasteiger partial charge in [0.2, 0.25) is 0 Å². The Hall–Kier alpha value is -1.73. The molecule has 4 nitrogen and oxygen atoms in total. The van der Waals surface area contributed by atoms with E-state index in [9.17, 15) is 12.8 Å². The van der Waals surface area contributed by atoms with Gasteiger partial charge in [-0.1, -0.05) is 23.8 Å². The Morgan fingerprint density at radius 2 is 2.00 bits per heavy atom. The number of hydrogen-bond donors (Lipinski definition) is 0. The molecule has 0 atom stereocenters. The molecule has 0 aliphatic rings. The Kier molecular flexibility index (Phi) is 5.54. The van der Waals surface area contributed by atoms with Crippen LogP contribution in [-0.4, -0.2) is 19.9 Å². The normalized spacial score (nSPS) is 11.3. The van der Waals surface area contributed by atoms with Crippen LogP contribution in [0.4, 0.5) is 10.1 Å². The average Bonchev–Trinajstić information content (AvgIpc) is 2.51. The zero-order chi connectivity index (χ0) is 17.0. The zero-order valence-electron chi connectivity index (χ0n) is 12.5. The van der Waals surface area contributed by atoms with E-state index in [1.807, 2.05) is 6.92 Å². The highest BCUT2D eigenvalue weighted by atomic mass is 79.9. The number of nitrogens with zero attached hydrogens (tertiary/aromatic N) is 2. The highest BCUT2D eigenvalue weighted by Gasteiger charge is 2.26. The van der Waals surface area contributed by atoms with Gasteiger partial charge < -0.3 is 0 Å². The van der Waals surface area contributed by atoms with E-state index >= 15 is 0 Å². The molecule has 0 unspecified atom stereocenters. The number of sulfonamides is 1. The number of benzene rings is 1. The molecule has 7 heteroatoms. The van der Waals surface area contributed by atoms with Crippen LogP contribution < -0.4 is 4.31 Å². The first-order chi connectivity index (χ1) is 10.9. The topological polar surface area (TPSA) is 50.3 Å². The van der Waals surface area contributed by atoms with Crippen molar-refractivity contribution < 1.29 is 12.8 Å². The van der Waals surface area contributed by atoms with Crippen LogP contribution in [-0.2, 0) is 10.0 Å². The van der Waals surface area contributed by atoms with E-state index in [1.165, 1.54) is 12.1 Å². The number of aromatic nitrogens is 1. The molecule has 1 heterocycles. The summed E-state index contributed by atoms with van der Waals surface area (Å²) in [5.41, 5.74) is 1.11. The fourth-order valence-corrected chi connectivity index (χ4v) is 4.03. The van der Waals surface area contributed by atoms with E-state index in [1.54, 1.807) is 18.2 Å². The highest BCUT2D eigenvalue weighted by molar-refractivity contribution is 9.10. The number of halogens is 2. The van der Waals surface area contributed by atoms with Crippen molar-refractivity contribution in [2.45, 2.75) is 18.2 Å². The summed E-state index contributed by atoms with van der Waals surface area (Å²) >= 11 is 3.19. The van der Waals surface area contributed by atoms with Crippen LogP contribution in [0.2, 0.25) is 0 Å². The summed E-state index contributed by atoms with van der Waals surface area (Å²) in [5, 5.41) is 0. The van der Waals surface area contributed by atoms with Crippen LogP contribution in [0, 0.1) is 12.7 Å². The smallest absolute Gasteiger partial charge is 0.263 e. The van der Waals surface area contributed by atoms with E-state index in [0.29, 0.717) is 6.42 Å². The summed E-state index contributed by atoms with van der Waals surface area (Å²) < 4.78 is 40.8.